The van der Waals surface area contributed by atoms with Gasteiger partial charge in [0.2, 0.25) is 17.5 Å². The van der Waals surface area contributed by atoms with E-state index in [1.54, 1.807) is 14.2 Å². The molecular weight excluding hydrogens is 396 g/mol. The van der Waals surface area contributed by atoms with Crippen LogP contribution in [0.5, 0.6) is 17.2 Å². The number of ether oxygens (including phenoxy) is 3. The number of para-hydroxylation sites is 2. The molecular formula is C23H24N4O4. The van der Waals surface area contributed by atoms with Crippen LogP contribution in [0.3, 0.4) is 0 Å². The summed E-state index contributed by atoms with van der Waals surface area (Å²) in [5, 5.41) is 9.53. The van der Waals surface area contributed by atoms with Crippen molar-refractivity contribution in [3.05, 3.63) is 60.1 Å². The van der Waals surface area contributed by atoms with Crippen LogP contribution in [0.4, 0.5) is 11.6 Å². The Morgan fingerprint density at radius 1 is 0.935 bits per heavy atom. The third-order valence-corrected chi connectivity index (χ3v) is 5.18. The van der Waals surface area contributed by atoms with Gasteiger partial charge in [0.15, 0.2) is 18.1 Å². The van der Waals surface area contributed by atoms with Crippen LogP contribution in [0, 0.1) is 11.3 Å². The number of rotatable bonds is 7. The number of hydrogen-bond acceptors (Lipinski definition) is 8. The van der Waals surface area contributed by atoms with Crippen molar-refractivity contribution < 1.29 is 18.6 Å². The van der Waals surface area contributed by atoms with E-state index in [2.05, 4.69) is 33.0 Å². The van der Waals surface area contributed by atoms with E-state index in [0.29, 0.717) is 23.3 Å². The van der Waals surface area contributed by atoms with Crippen molar-refractivity contribution in [2.75, 3.05) is 50.2 Å². The summed E-state index contributed by atoms with van der Waals surface area (Å²) in [7, 11) is 3.25. The number of aromatic nitrogens is 1. The summed E-state index contributed by atoms with van der Waals surface area (Å²) in [5.41, 5.74) is 1.42. The summed E-state index contributed by atoms with van der Waals surface area (Å²) in [5.74, 6) is 2.91. The van der Waals surface area contributed by atoms with Gasteiger partial charge in [-0.2, -0.15) is 10.2 Å². The van der Waals surface area contributed by atoms with Crippen LogP contribution < -0.4 is 24.0 Å². The Labute approximate surface area is 181 Å². The number of nitrogens with zero attached hydrogens (tertiary/aromatic N) is 4. The molecule has 1 aliphatic heterocycles. The van der Waals surface area contributed by atoms with Crippen molar-refractivity contribution in [2.24, 2.45) is 0 Å². The summed E-state index contributed by atoms with van der Waals surface area (Å²) < 4.78 is 22.2. The first-order valence-corrected chi connectivity index (χ1v) is 10.0. The van der Waals surface area contributed by atoms with Gasteiger partial charge in [-0.15, -0.1) is 0 Å². The maximum atomic E-state index is 9.53. The quantitative estimate of drug-likeness (QED) is 0.575. The standard InChI is InChI=1S/C23H24N4O4/c1-28-18-9-7-17(8-10-18)26-11-13-27(14-12-26)23-19(15-24)25-22(31-23)16-30-21-6-4-3-5-20(21)29-2/h3-10H,11-14,16H2,1-2H3. The highest BCUT2D eigenvalue weighted by atomic mass is 16.5. The van der Waals surface area contributed by atoms with Crippen LogP contribution in [0.1, 0.15) is 11.6 Å². The van der Waals surface area contributed by atoms with Gasteiger partial charge in [0.25, 0.3) is 0 Å². The molecule has 0 spiro atoms. The fraction of sp³-hybridized carbons (Fsp3) is 0.304. The minimum Gasteiger partial charge on any atom is -0.497 e. The maximum absolute atomic E-state index is 9.53. The molecule has 0 aliphatic carbocycles. The maximum Gasteiger partial charge on any atom is 0.236 e. The van der Waals surface area contributed by atoms with E-state index in [1.807, 2.05) is 36.4 Å². The molecule has 0 bridgehead atoms. The average Bonchev–Trinajstić information content (AvgIpc) is 3.26. The highest BCUT2D eigenvalue weighted by molar-refractivity contribution is 5.53. The molecule has 0 amide bonds. The van der Waals surface area contributed by atoms with E-state index in [-0.39, 0.29) is 12.3 Å². The zero-order chi connectivity index (χ0) is 21.6. The second-order valence-corrected chi connectivity index (χ2v) is 6.98. The molecule has 0 unspecified atom stereocenters. The van der Waals surface area contributed by atoms with Crippen molar-refractivity contribution in [1.82, 2.24) is 4.98 Å². The van der Waals surface area contributed by atoms with Gasteiger partial charge in [-0.1, -0.05) is 12.1 Å². The van der Waals surface area contributed by atoms with Gasteiger partial charge in [0, 0.05) is 31.9 Å². The molecule has 0 saturated carbocycles. The molecule has 1 fully saturated rings. The lowest BCUT2D eigenvalue weighted by atomic mass is 10.2. The minimum absolute atomic E-state index is 0.112. The molecule has 0 N–H and O–H groups in total. The predicted octanol–water partition coefficient (Wildman–Crippen LogP) is 3.47. The largest absolute Gasteiger partial charge is 0.497 e. The van der Waals surface area contributed by atoms with Gasteiger partial charge in [-0.3, -0.25) is 0 Å². The van der Waals surface area contributed by atoms with Crippen LogP contribution in [-0.4, -0.2) is 45.4 Å². The summed E-state index contributed by atoms with van der Waals surface area (Å²) in [4.78, 5) is 8.66. The molecule has 1 aromatic heterocycles. The van der Waals surface area contributed by atoms with Gasteiger partial charge in [-0.25, -0.2) is 0 Å². The Bertz CT molecular complexity index is 1050. The van der Waals surface area contributed by atoms with E-state index in [4.69, 9.17) is 18.6 Å². The van der Waals surface area contributed by atoms with E-state index in [9.17, 15) is 5.26 Å². The number of oxazole rings is 1. The Morgan fingerprint density at radius 2 is 1.61 bits per heavy atom. The lowest BCUT2D eigenvalue weighted by molar-refractivity contribution is 0.250. The van der Waals surface area contributed by atoms with E-state index >= 15 is 0 Å². The second-order valence-electron chi connectivity index (χ2n) is 6.98. The zero-order valence-corrected chi connectivity index (χ0v) is 17.6. The third-order valence-electron chi connectivity index (χ3n) is 5.18. The molecule has 4 rings (SSSR count). The third kappa shape index (κ3) is 4.51. The molecule has 1 saturated heterocycles. The normalized spacial score (nSPS) is 13.6. The van der Waals surface area contributed by atoms with Crippen molar-refractivity contribution in [1.29, 1.82) is 5.26 Å². The second kappa shape index (κ2) is 9.30. The molecule has 8 heteroatoms. The van der Waals surface area contributed by atoms with E-state index in [0.717, 1.165) is 37.6 Å². The number of nitriles is 1. The fourth-order valence-electron chi connectivity index (χ4n) is 3.54. The number of hydrogen-bond donors (Lipinski definition) is 0. The van der Waals surface area contributed by atoms with Crippen LogP contribution in [0.2, 0.25) is 0 Å². The van der Waals surface area contributed by atoms with Crippen LogP contribution >= 0.6 is 0 Å². The van der Waals surface area contributed by atoms with Gasteiger partial charge in [0.1, 0.15) is 11.8 Å². The molecule has 2 heterocycles. The number of anilines is 2. The number of piperazine rings is 1. The molecule has 3 aromatic rings. The van der Waals surface area contributed by atoms with Gasteiger partial charge in [-0.05, 0) is 36.4 Å². The predicted molar refractivity (Wildman–Crippen MR) is 116 cm³/mol. The van der Waals surface area contributed by atoms with Crippen LogP contribution in [0.25, 0.3) is 0 Å². The average molecular weight is 420 g/mol. The first-order chi connectivity index (χ1) is 15.2. The first kappa shape index (κ1) is 20.4. The minimum atomic E-state index is 0.112. The van der Waals surface area contributed by atoms with Crippen molar-refractivity contribution >= 4 is 11.6 Å². The molecule has 160 valence electrons. The van der Waals surface area contributed by atoms with Crippen molar-refractivity contribution in [2.45, 2.75) is 6.61 Å². The molecule has 2 aromatic carbocycles. The van der Waals surface area contributed by atoms with Crippen molar-refractivity contribution in [3.8, 4) is 23.3 Å². The van der Waals surface area contributed by atoms with Crippen LogP contribution in [-0.2, 0) is 6.61 Å². The topological polar surface area (TPSA) is 84.0 Å². The lowest BCUT2D eigenvalue weighted by Crippen LogP contribution is -2.46. The first-order valence-electron chi connectivity index (χ1n) is 10.0. The van der Waals surface area contributed by atoms with Gasteiger partial charge >= 0.3 is 0 Å². The molecule has 8 nitrogen and oxygen atoms in total. The molecule has 0 radical (unpaired) electrons. The van der Waals surface area contributed by atoms with Gasteiger partial charge < -0.3 is 28.4 Å². The smallest absolute Gasteiger partial charge is 0.236 e. The number of benzene rings is 2. The van der Waals surface area contributed by atoms with Crippen LogP contribution in [0.15, 0.2) is 52.9 Å². The van der Waals surface area contributed by atoms with Crippen molar-refractivity contribution in [3.63, 3.8) is 0 Å². The lowest BCUT2D eigenvalue weighted by Gasteiger charge is -2.35. The molecule has 0 atom stereocenters. The summed E-state index contributed by atoms with van der Waals surface area (Å²) >= 11 is 0. The Hall–Kier alpha value is -3.86. The highest BCUT2D eigenvalue weighted by Crippen LogP contribution is 2.29. The highest BCUT2D eigenvalue weighted by Gasteiger charge is 2.24. The van der Waals surface area contributed by atoms with Gasteiger partial charge in [0.05, 0.1) is 14.2 Å². The SMILES string of the molecule is COc1ccc(N2CCN(c3oc(COc4ccccc4OC)nc3C#N)CC2)cc1. The Kier molecular flexibility index (Phi) is 6.13. The number of methoxy groups -OCH3 is 2. The van der Waals surface area contributed by atoms with E-state index in [1.165, 1.54) is 0 Å². The summed E-state index contributed by atoms with van der Waals surface area (Å²) in [6.07, 6.45) is 0. The zero-order valence-electron chi connectivity index (χ0n) is 17.6. The fourth-order valence-corrected chi connectivity index (χ4v) is 3.54. The summed E-state index contributed by atoms with van der Waals surface area (Å²) in [6, 6.07) is 17.5. The summed E-state index contributed by atoms with van der Waals surface area (Å²) in [6.45, 7) is 3.18. The van der Waals surface area contributed by atoms with E-state index < -0.39 is 0 Å². The monoisotopic (exact) mass is 420 g/mol. The molecule has 1 aliphatic rings. The molecule has 31 heavy (non-hydrogen) atoms. The Morgan fingerprint density at radius 3 is 2.26 bits per heavy atom. The Balaban J connectivity index is 1.40.